The third kappa shape index (κ3) is 3.56. The summed E-state index contributed by atoms with van der Waals surface area (Å²) in [5, 5.41) is 4.10. The summed E-state index contributed by atoms with van der Waals surface area (Å²) in [5.74, 6) is 0.768. The van der Waals surface area contributed by atoms with Gasteiger partial charge in [-0.3, -0.25) is 0 Å². The van der Waals surface area contributed by atoms with Gasteiger partial charge in [0.15, 0.2) is 0 Å². The molecule has 0 aromatic heterocycles. The topological polar surface area (TPSA) is 35.5 Å². The van der Waals surface area contributed by atoms with Crippen molar-refractivity contribution in [1.29, 1.82) is 0 Å². The Morgan fingerprint density at radius 1 is 0.862 bits per heavy atom. The minimum Gasteiger partial charge on any atom is -0.496 e. The quantitative estimate of drug-likeness (QED) is 0.369. The van der Waals surface area contributed by atoms with Crippen molar-refractivity contribution in [3.05, 3.63) is 78.4 Å². The molecule has 0 heterocycles. The molecule has 3 nitrogen and oxygen atoms in total. The Labute approximate surface area is 170 Å². The van der Waals surface area contributed by atoms with Crippen molar-refractivity contribution in [2.24, 2.45) is 5.92 Å². The summed E-state index contributed by atoms with van der Waals surface area (Å²) in [4.78, 5) is 12.9. The summed E-state index contributed by atoms with van der Waals surface area (Å²) in [6.45, 7) is 4.46. The molecule has 4 rings (SSSR count). The van der Waals surface area contributed by atoms with E-state index in [1.165, 1.54) is 0 Å². The maximum absolute atomic E-state index is 12.9. The van der Waals surface area contributed by atoms with Crippen LogP contribution in [0.15, 0.2) is 72.8 Å². The molecule has 4 aromatic carbocycles. The number of hydrogen-bond donors (Lipinski definition) is 0. The zero-order chi connectivity index (χ0) is 20.4. The molecule has 0 aliphatic carbocycles. The average Bonchev–Trinajstić information content (AvgIpc) is 2.75. The van der Waals surface area contributed by atoms with Gasteiger partial charge >= 0.3 is 5.97 Å². The molecule has 0 aliphatic rings. The maximum Gasteiger partial charge on any atom is 0.338 e. The van der Waals surface area contributed by atoms with Crippen molar-refractivity contribution in [2.75, 3.05) is 13.7 Å². The van der Waals surface area contributed by atoms with E-state index in [0.29, 0.717) is 12.2 Å². The molecule has 29 heavy (non-hydrogen) atoms. The number of rotatable bonds is 5. The predicted molar refractivity (Wildman–Crippen MR) is 119 cm³/mol. The van der Waals surface area contributed by atoms with Gasteiger partial charge in [-0.05, 0) is 39.8 Å². The highest BCUT2D eigenvalue weighted by Crippen LogP contribution is 2.41. The fourth-order valence-corrected chi connectivity index (χ4v) is 3.74. The molecule has 4 aromatic rings. The van der Waals surface area contributed by atoms with E-state index in [2.05, 4.69) is 18.2 Å². The van der Waals surface area contributed by atoms with Crippen LogP contribution in [0.1, 0.15) is 24.2 Å². The predicted octanol–water partition coefficient (Wildman–Crippen LogP) is 6.48. The minimum atomic E-state index is -0.295. The first-order chi connectivity index (χ1) is 14.1. The first kappa shape index (κ1) is 19.0. The second-order valence-corrected chi connectivity index (χ2v) is 7.57. The van der Waals surface area contributed by atoms with Crippen LogP contribution in [-0.4, -0.2) is 19.7 Å². The first-order valence-electron chi connectivity index (χ1n) is 9.85. The molecule has 0 fully saturated rings. The van der Waals surface area contributed by atoms with Crippen molar-refractivity contribution in [2.45, 2.75) is 13.8 Å². The van der Waals surface area contributed by atoms with Crippen molar-refractivity contribution in [3.63, 3.8) is 0 Å². The van der Waals surface area contributed by atoms with Gasteiger partial charge in [-0.25, -0.2) is 4.79 Å². The van der Waals surface area contributed by atoms with Crippen LogP contribution in [0.4, 0.5) is 0 Å². The number of carbonyl (C=O) groups is 1. The van der Waals surface area contributed by atoms with Gasteiger partial charge in [-0.1, -0.05) is 74.5 Å². The van der Waals surface area contributed by atoms with Crippen LogP contribution in [-0.2, 0) is 4.74 Å². The smallest absolute Gasteiger partial charge is 0.338 e. The summed E-state index contributed by atoms with van der Waals surface area (Å²) < 4.78 is 11.3. The molecule has 0 amide bonds. The number of benzene rings is 4. The molecule has 3 heteroatoms. The standard InChI is InChI=1S/C26H24O3/c1-17(2)16-29-26(27)22-13-7-10-19-9-6-12-21(24(19)22)25-20-11-5-4-8-18(20)14-15-23(25)28-3/h4-15,17H,16H2,1-3H3. The number of esters is 1. The van der Waals surface area contributed by atoms with Gasteiger partial charge in [0, 0.05) is 10.9 Å². The van der Waals surface area contributed by atoms with Gasteiger partial charge in [0.25, 0.3) is 0 Å². The summed E-state index contributed by atoms with van der Waals surface area (Å²) in [6, 6.07) is 24.1. The molecule has 0 atom stereocenters. The van der Waals surface area contributed by atoms with Crippen LogP contribution >= 0.6 is 0 Å². The zero-order valence-electron chi connectivity index (χ0n) is 16.9. The molecule has 0 spiro atoms. The summed E-state index contributed by atoms with van der Waals surface area (Å²) in [7, 11) is 1.68. The fourth-order valence-electron chi connectivity index (χ4n) is 3.74. The van der Waals surface area contributed by atoms with E-state index in [1.807, 2.05) is 68.4 Å². The van der Waals surface area contributed by atoms with Gasteiger partial charge < -0.3 is 9.47 Å². The van der Waals surface area contributed by atoms with E-state index in [-0.39, 0.29) is 11.9 Å². The van der Waals surface area contributed by atoms with E-state index in [1.54, 1.807) is 7.11 Å². The first-order valence-corrected chi connectivity index (χ1v) is 9.85. The minimum absolute atomic E-state index is 0.284. The van der Waals surface area contributed by atoms with Crippen LogP contribution in [0.5, 0.6) is 5.75 Å². The molecule has 0 bridgehead atoms. The van der Waals surface area contributed by atoms with Crippen LogP contribution in [0.25, 0.3) is 32.7 Å². The monoisotopic (exact) mass is 384 g/mol. The van der Waals surface area contributed by atoms with E-state index in [4.69, 9.17) is 9.47 Å². The van der Waals surface area contributed by atoms with Crippen LogP contribution < -0.4 is 4.74 Å². The molecule has 0 N–H and O–H groups in total. The van der Waals surface area contributed by atoms with Gasteiger partial charge in [0.2, 0.25) is 0 Å². The van der Waals surface area contributed by atoms with Crippen molar-refractivity contribution in [1.82, 2.24) is 0 Å². The molecular weight excluding hydrogens is 360 g/mol. The van der Waals surface area contributed by atoms with Gasteiger partial charge in [-0.2, -0.15) is 0 Å². The molecule has 0 saturated carbocycles. The molecule has 0 radical (unpaired) electrons. The lowest BCUT2D eigenvalue weighted by Crippen LogP contribution is -2.11. The summed E-state index contributed by atoms with van der Waals surface area (Å²) in [5.41, 5.74) is 2.53. The fraction of sp³-hybridized carbons (Fsp3) is 0.192. The lowest BCUT2D eigenvalue weighted by Gasteiger charge is -2.16. The number of ether oxygens (including phenoxy) is 2. The highest BCUT2D eigenvalue weighted by atomic mass is 16.5. The Morgan fingerprint density at radius 2 is 1.59 bits per heavy atom. The Hall–Kier alpha value is -3.33. The van der Waals surface area contributed by atoms with Crippen molar-refractivity contribution >= 4 is 27.5 Å². The Bertz CT molecular complexity index is 1190. The van der Waals surface area contributed by atoms with E-state index in [9.17, 15) is 4.79 Å². The van der Waals surface area contributed by atoms with Crippen LogP contribution in [0.3, 0.4) is 0 Å². The second-order valence-electron chi connectivity index (χ2n) is 7.57. The van der Waals surface area contributed by atoms with Crippen molar-refractivity contribution in [3.8, 4) is 16.9 Å². The zero-order valence-corrected chi connectivity index (χ0v) is 16.9. The Kier molecular flexibility index (Phi) is 5.22. The summed E-state index contributed by atoms with van der Waals surface area (Å²) >= 11 is 0. The largest absolute Gasteiger partial charge is 0.496 e. The molecule has 0 saturated heterocycles. The molecule has 146 valence electrons. The van der Waals surface area contributed by atoms with E-state index < -0.39 is 0 Å². The van der Waals surface area contributed by atoms with Crippen LogP contribution in [0.2, 0.25) is 0 Å². The number of carbonyl (C=O) groups excluding carboxylic acids is 1. The molecular formula is C26H24O3. The normalized spacial score (nSPS) is 11.2. The third-order valence-corrected chi connectivity index (χ3v) is 5.05. The highest BCUT2D eigenvalue weighted by Gasteiger charge is 2.19. The van der Waals surface area contributed by atoms with Gasteiger partial charge in [0.05, 0.1) is 19.3 Å². The third-order valence-electron chi connectivity index (χ3n) is 5.05. The number of methoxy groups -OCH3 is 1. The van der Waals surface area contributed by atoms with Gasteiger partial charge in [0.1, 0.15) is 5.75 Å². The van der Waals surface area contributed by atoms with Crippen molar-refractivity contribution < 1.29 is 14.3 Å². The van der Waals surface area contributed by atoms with E-state index >= 15 is 0 Å². The number of hydrogen-bond acceptors (Lipinski definition) is 3. The number of fused-ring (bicyclic) bond motifs is 2. The second kappa shape index (κ2) is 7.96. The van der Waals surface area contributed by atoms with Crippen LogP contribution in [0, 0.1) is 5.92 Å². The Morgan fingerprint density at radius 3 is 2.34 bits per heavy atom. The lowest BCUT2D eigenvalue weighted by molar-refractivity contribution is 0.0461. The Balaban J connectivity index is 2.01. The summed E-state index contributed by atoms with van der Waals surface area (Å²) in [6.07, 6.45) is 0. The molecule has 0 aliphatic heterocycles. The highest BCUT2D eigenvalue weighted by molar-refractivity contribution is 6.14. The van der Waals surface area contributed by atoms with Gasteiger partial charge in [-0.15, -0.1) is 0 Å². The van der Waals surface area contributed by atoms with E-state index in [0.717, 1.165) is 38.4 Å². The molecule has 0 unspecified atom stereocenters. The maximum atomic E-state index is 12.9. The lowest BCUT2D eigenvalue weighted by atomic mass is 9.91. The average molecular weight is 384 g/mol. The SMILES string of the molecule is COc1ccc2ccccc2c1-c1cccc2cccc(C(=O)OCC(C)C)c12.